The van der Waals surface area contributed by atoms with Crippen molar-refractivity contribution in [2.24, 2.45) is 5.73 Å². The smallest absolute Gasteiger partial charge is 0.364 e. The van der Waals surface area contributed by atoms with Gasteiger partial charge in [-0.05, 0) is 23.8 Å². The van der Waals surface area contributed by atoms with Crippen molar-refractivity contribution >= 4 is 16.8 Å². The van der Waals surface area contributed by atoms with Crippen LogP contribution >= 0.6 is 0 Å². The maximum absolute atomic E-state index is 14.0. The number of nitrogens with two attached hydrogens (primary N) is 1. The Kier molecular flexibility index (Phi) is 4.50. The Morgan fingerprint density at radius 2 is 1.78 bits per heavy atom. The third kappa shape index (κ3) is 3.69. The summed E-state index contributed by atoms with van der Waals surface area (Å²) < 4.78 is 80.1. The number of nitrogens with zero attached hydrogens (tertiary/aromatic N) is 2. The van der Waals surface area contributed by atoms with E-state index in [0.29, 0.717) is 6.07 Å². The van der Waals surface area contributed by atoms with Crippen molar-refractivity contribution in [3.8, 4) is 11.3 Å². The lowest BCUT2D eigenvalue weighted by Crippen LogP contribution is -2.14. The van der Waals surface area contributed by atoms with Crippen molar-refractivity contribution in [1.82, 2.24) is 9.97 Å². The summed E-state index contributed by atoms with van der Waals surface area (Å²) in [6.45, 7) is 0. The molecular weight excluding hydrogens is 376 g/mol. The Balaban J connectivity index is 2.28. The van der Waals surface area contributed by atoms with E-state index in [1.807, 2.05) is 0 Å². The van der Waals surface area contributed by atoms with Gasteiger partial charge in [0.15, 0.2) is 17.5 Å². The normalized spacial score (nSPS) is 11.8. The standard InChI is InChI=1S/C17H9F6N3O/c18-10-4-11(19)15-9(13(10)20)3-8(5-17(21,22)23)14(26-15)7-1-2-12(16(24)27)25-6-7/h1-4,6H,5H2,(H2,24,27). The van der Waals surface area contributed by atoms with E-state index in [4.69, 9.17) is 5.73 Å². The molecule has 140 valence electrons. The Bertz CT molecular complexity index is 1050. The van der Waals surface area contributed by atoms with Crippen LogP contribution in [0.2, 0.25) is 0 Å². The number of alkyl halides is 3. The number of primary amides is 1. The SMILES string of the molecule is NC(=O)c1ccc(-c2nc3c(F)cc(F)c(F)c3cc2CC(F)(F)F)cn1. The second-order valence-corrected chi connectivity index (χ2v) is 5.63. The monoisotopic (exact) mass is 385 g/mol. The molecule has 3 rings (SSSR count). The zero-order valence-electron chi connectivity index (χ0n) is 13.2. The summed E-state index contributed by atoms with van der Waals surface area (Å²) >= 11 is 0. The highest BCUT2D eigenvalue weighted by molar-refractivity contribution is 5.91. The molecule has 0 unspecified atom stereocenters. The highest BCUT2D eigenvalue weighted by atomic mass is 19.4. The van der Waals surface area contributed by atoms with E-state index in [-0.39, 0.29) is 23.0 Å². The molecule has 4 nitrogen and oxygen atoms in total. The number of benzene rings is 1. The number of hydrogen-bond acceptors (Lipinski definition) is 3. The third-order valence-corrected chi connectivity index (χ3v) is 3.71. The number of hydrogen-bond donors (Lipinski definition) is 1. The zero-order chi connectivity index (χ0) is 19.9. The van der Waals surface area contributed by atoms with Gasteiger partial charge in [-0.1, -0.05) is 0 Å². The van der Waals surface area contributed by atoms with Gasteiger partial charge >= 0.3 is 6.18 Å². The van der Waals surface area contributed by atoms with Crippen LogP contribution in [0.15, 0.2) is 30.5 Å². The topological polar surface area (TPSA) is 68.9 Å². The second kappa shape index (κ2) is 6.53. The fourth-order valence-corrected chi connectivity index (χ4v) is 2.56. The van der Waals surface area contributed by atoms with Gasteiger partial charge in [0.05, 0.1) is 12.1 Å². The number of amides is 1. The van der Waals surface area contributed by atoms with Crippen LogP contribution in [-0.2, 0) is 6.42 Å². The van der Waals surface area contributed by atoms with Crippen LogP contribution in [0.1, 0.15) is 16.1 Å². The molecule has 0 fully saturated rings. The second-order valence-electron chi connectivity index (χ2n) is 5.63. The van der Waals surface area contributed by atoms with Crippen LogP contribution in [-0.4, -0.2) is 22.1 Å². The summed E-state index contributed by atoms with van der Waals surface area (Å²) in [7, 11) is 0. The molecule has 1 amide bonds. The van der Waals surface area contributed by atoms with E-state index in [1.165, 1.54) is 6.07 Å². The summed E-state index contributed by atoms with van der Waals surface area (Å²) in [5, 5.41) is -0.711. The van der Waals surface area contributed by atoms with Crippen molar-refractivity contribution in [3.63, 3.8) is 0 Å². The van der Waals surface area contributed by atoms with Gasteiger partial charge in [-0.15, -0.1) is 0 Å². The van der Waals surface area contributed by atoms with Crippen LogP contribution in [0, 0.1) is 17.5 Å². The van der Waals surface area contributed by atoms with E-state index in [2.05, 4.69) is 9.97 Å². The third-order valence-electron chi connectivity index (χ3n) is 3.71. The molecule has 0 aliphatic carbocycles. The largest absolute Gasteiger partial charge is 0.393 e. The number of carbonyl (C=O) groups excluding carboxylic acids is 1. The van der Waals surface area contributed by atoms with E-state index in [1.54, 1.807) is 0 Å². The molecule has 2 N–H and O–H groups in total. The average Bonchev–Trinajstić information content (AvgIpc) is 2.58. The molecule has 0 bridgehead atoms. The lowest BCUT2D eigenvalue weighted by Gasteiger charge is -2.14. The van der Waals surface area contributed by atoms with E-state index in [9.17, 15) is 31.1 Å². The van der Waals surface area contributed by atoms with E-state index < -0.39 is 52.4 Å². The predicted molar refractivity (Wildman–Crippen MR) is 83.1 cm³/mol. The maximum atomic E-state index is 14.0. The lowest BCUT2D eigenvalue weighted by molar-refractivity contribution is -0.127. The van der Waals surface area contributed by atoms with Crippen molar-refractivity contribution in [1.29, 1.82) is 0 Å². The lowest BCUT2D eigenvalue weighted by atomic mass is 10.0. The predicted octanol–water partition coefficient (Wildman–Crippen LogP) is 3.92. The number of aromatic nitrogens is 2. The summed E-state index contributed by atoms with van der Waals surface area (Å²) in [6.07, 6.45) is -5.17. The molecule has 27 heavy (non-hydrogen) atoms. The summed E-state index contributed by atoms with van der Waals surface area (Å²) in [4.78, 5) is 18.5. The molecule has 0 saturated carbocycles. The molecule has 0 spiro atoms. The van der Waals surface area contributed by atoms with Crippen LogP contribution < -0.4 is 5.73 Å². The number of carbonyl (C=O) groups is 1. The van der Waals surface area contributed by atoms with Gasteiger partial charge in [-0.3, -0.25) is 9.78 Å². The fraction of sp³-hybridized carbons (Fsp3) is 0.118. The Hall–Kier alpha value is -3.17. The number of fused-ring (bicyclic) bond motifs is 1. The highest BCUT2D eigenvalue weighted by Gasteiger charge is 2.30. The van der Waals surface area contributed by atoms with Gasteiger partial charge in [0, 0.05) is 23.2 Å². The van der Waals surface area contributed by atoms with Crippen LogP contribution in [0.3, 0.4) is 0 Å². The molecule has 0 atom stereocenters. The molecule has 0 aliphatic heterocycles. The Labute approximate surface area is 147 Å². The molecule has 0 saturated heterocycles. The molecule has 1 aromatic carbocycles. The first kappa shape index (κ1) is 18.6. The average molecular weight is 385 g/mol. The first-order valence-corrected chi connectivity index (χ1v) is 7.37. The van der Waals surface area contributed by atoms with E-state index >= 15 is 0 Å². The zero-order valence-corrected chi connectivity index (χ0v) is 13.2. The van der Waals surface area contributed by atoms with Crippen LogP contribution in [0.4, 0.5) is 26.3 Å². The number of halogens is 6. The van der Waals surface area contributed by atoms with Crippen molar-refractivity contribution in [2.75, 3.05) is 0 Å². The van der Waals surface area contributed by atoms with Gasteiger partial charge in [0.2, 0.25) is 0 Å². The van der Waals surface area contributed by atoms with Crippen molar-refractivity contribution < 1.29 is 31.1 Å². The molecule has 0 aliphatic rings. The highest BCUT2D eigenvalue weighted by Crippen LogP contribution is 2.33. The van der Waals surface area contributed by atoms with Gasteiger partial charge < -0.3 is 5.73 Å². The molecule has 2 heterocycles. The molecule has 0 radical (unpaired) electrons. The molecular formula is C17H9F6N3O. The van der Waals surface area contributed by atoms with Crippen LogP contribution in [0.25, 0.3) is 22.2 Å². The minimum atomic E-state index is -4.69. The first-order chi connectivity index (χ1) is 12.6. The maximum Gasteiger partial charge on any atom is 0.393 e. The van der Waals surface area contributed by atoms with Crippen molar-refractivity contribution in [2.45, 2.75) is 12.6 Å². The minimum absolute atomic E-state index is 0.0188. The minimum Gasteiger partial charge on any atom is -0.364 e. The van der Waals surface area contributed by atoms with Gasteiger partial charge in [0.25, 0.3) is 5.91 Å². The molecule has 2 aromatic heterocycles. The molecule has 3 aromatic rings. The first-order valence-electron chi connectivity index (χ1n) is 7.37. The fourth-order valence-electron chi connectivity index (χ4n) is 2.56. The van der Waals surface area contributed by atoms with Gasteiger partial charge in [-0.25, -0.2) is 18.2 Å². The molecule has 10 heteroatoms. The van der Waals surface area contributed by atoms with Crippen LogP contribution in [0.5, 0.6) is 0 Å². The van der Waals surface area contributed by atoms with Gasteiger partial charge in [0.1, 0.15) is 11.2 Å². The van der Waals surface area contributed by atoms with Gasteiger partial charge in [-0.2, -0.15) is 13.2 Å². The van der Waals surface area contributed by atoms with Crippen molar-refractivity contribution in [3.05, 3.63) is 59.2 Å². The van der Waals surface area contributed by atoms with E-state index in [0.717, 1.165) is 12.3 Å². The summed E-state index contributed by atoms with van der Waals surface area (Å²) in [5.74, 6) is -5.13. The number of rotatable bonds is 3. The Morgan fingerprint density at radius 3 is 2.33 bits per heavy atom. The summed E-state index contributed by atoms with van der Waals surface area (Å²) in [5.41, 5.74) is 3.46. The quantitative estimate of drug-likeness (QED) is 0.549. The number of pyridine rings is 2. The Morgan fingerprint density at radius 1 is 1.07 bits per heavy atom. The summed E-state index contributed by atoms with van der Waals surface area (Å²) in [6, 6.07) is 3.34.